The number of hydrogen-bond acceptors (Lipinski definition) is 4. The van der Waals surface area contributed by atoms with Gasteiger partial charge in [-0.2, -0.15) is 13.2 Å². The van der Waals surface area contributed by atoms with Crippen molar-refractivity contribution in [3.63, 3.8) is 0 Å². The summed E-state index contributed by atoms with van der Waals surface area (Å²) in [7, 11) is 1.99. The van der Waals surface area contributed by atoms with E-state index in [1.807, 2.05) is 48.3 Å². The first-order valence-corrected chi connectivity index (χ1v) is 11.1. The lowest BCUT2D eigenvalue weighted by Gasteiger charge is -2.34. The fraction of sp³-hybridized carbons (Fsp3) is 0.269. The first-order chi connectivity index (χ1) is 16.3. The molecule has 1 aliphatic rings. The monoisotopic (exact) mass is 467 g/mol. The molecule has 0 atom stereocenters. The quantitative estimate of drug-likeness (QED) is 0.428. The smallest absolute Gasteiger partial charge is 0.418 e. The van der Waals surface area contributed by atoms with Crippen LogP contribution in [0.25, 0.3) is 21.7 Å². The highest BCUT2D eigenvalue weighted by Gasteiger charge is 2.35. The molecule has 0 spiro atoms. The maximum Gasteiger partial charge on any atom is 0.418 e. The highest BCUT2D eigenvalue weighted by Crippen LogP contribution is 2.38. The van der Waals surface area contributed by atoms with Gasteiger partial charge in [-0.3, -0.25) is 4.79 Å². The number of amides is 1. The molecule has 1 aromatic heterocycles. The molecule has 34 heavy (non-hydrogen) atoms. The van der Waals surface area contributed by atoms with Crippen LogP contribution in [0.5, 0.6) is 0 Å². The van der Waals surface area contributed by atoms with Crippen LogP contribution in [0.3, 0.4) is 0 Å². The summed E-state index contributed by atoms with van der Waals surface area (Å²) in [4.78, 5) is 16.9. The fourth-order valence-corrected chi connectivity index (χ4v) is 4.51. The molecule has 3 aromatic carbocycles. The predicted molar refractivity (Wildman–Crippen MR) is 127 cm³/mol. The maximum atomic E-state index is 13.9. The standard InChI is InChI=1S/C26H24F3N3O2/c1-31-10-12-32(13-11-31)19-7-8-22(21(15-19)26(27,28)29)30-24(33)14-18-16-34-23-9-6-17-4-2-3-5-20(17)25(18)23/h2-9,15-16H,10-14H2,1H3,(H,30,33). The number of rotatable bonds is 4. The second-order valence-electron chi connectivity index (χ2n) is 8.66. The Morgan fingerprint density at radius 3 is 2.56 bits per heavy atom. The summed E-state index contributed by atoms with van der Waals surface area (Å²) in [6, 6.07) is 15.6. The number of hydrogen-bond donors (Lipinski definition) is 1. The molecule has 4 aromatic rings. The summed E-state index contributed by atoms with van der Waals surface area (Å²) < 4.78 is 47.2. The van der Waals surface area contributed by atoms with Crippen LogP contribution in [0, 0.1) is 0 Å². The number of furan rings is 1. The molecular formula is C26H24F3N3O2. The number of carbonyl (C=O) groups excluding carboxylic acids is 1. The van der Waals surface area contributed by atoms with Gasteiger partial charge >= 0.3 is 6.18 Å². The van der Waals surface area contributed by atoms with E-state index in [9.17, 15) is 18.0 Å². The van der Waals surface area contributed by atoms with Crippen molar-refractivity contribution in [2.24, 2.45) is 0 Å². The molecule has 2 heterocycles. The van der Waals surface area contributed by atoms with Gasteiger partial charge in [0, 0.05) is 42.8 Å². The SMILES string of the molecule is CN1CCN(c2ccc(NC(=O)Cc3coc4ccc5ccccc5c34)c(C(F)(F)F)c2)CC1. The van der Waals surface area contributed by atoms with E-state index in [-0.39, 0.29) is 12.1 Å². The minimum absolute atomic E-state index is 0.0987. The number of fused-ring (bicyclic) bond motifs is 3. The summed E-state index contributed by atoms with van der Waals surface area (Å²) in [5, 5.41) is 5.21. The fourth-order valence-electron chi connectivity index (χ4n) is 4.51. The first-order valence-electron chi connectivity index (χ1n) is 11.1. The van der Waals surface area contributed by atoms with Crippen LogP contribution in [-0.4, -0.2) is 44.0 Å². The second kappa shape index (κ2) is 8.68. The van der Waals surface area contributed by atoms with Gasteiger partial charge in [0.15, 0.2) is 0 Å². The molecular weight excluding hydrogens is 443 g/mol. The molecule has 0 radical (unpaired) electrons. The highest BCUT2D eigenvalue weighted by atomic mass is 19.4. The summed E-state index contributed by atoms with van der Waals surface area (Å²) in [5.74, 6) is -0.534. The third-order valence-electron chi connectivity index (χ3n) is 6.34. The van der Waals surface area contributed by atoms with Crippen molar-refractivity contribution in [2.45, 2.75) is 12.6 Å². The number of carbonyl (C=O) groups is 1. The normalized spacial score (nSPS) is 15.2. The third-order valence-corrected chi connectivity index (χ3v) is 6.34. The largest absolute Gasteiger partial charge is 0.464 e. The van der Waals surface area contributed by atoms with Crippen molar-refractivity contribution in [1.29, 1.82) is 0 Å². The summed E-state index contributed by atoms with van der Waals surface area (Å²) in [6.45, 7) is 2.88. The van der Waals surface area contributed by atoms with E-state index < -0.39 is 17.6 Å². The van der Waals surface area contributed by atoms with Crippen LogP contribution in [-0.2, 0) is 17.4 Å². The predicted octanol–water partition coefficient (Wildman–Crippen LogP) is 5.54. The van der Waals surface area contributed by atoms with Crippen LogP contribution in [0.2, 0.25) is 0 Å². The molecule has 5 nitrogen and oxygen atoms in total. The number of piperazine rings is 1. The van der Waals surface area contributed by atoms with Gasteiger partial charge in [-0.1, -0.05) is 30.3 Å². The van der Waals surface area contributed by atoms with Gasteiger partial charge in [0.1, 0.15) is 5.58 Å². The van der Waals surface area contributed by atoms with Gasteiger partial charge < -0.3 is 19.5 Å². The van der Waals surface area contributed by atoms with E-state index >= 15 is 0 Å². The molecule has 1 amide bonds. The number of nitrogens with one attached hydrogen (secondary N) is 1. The molecule has 1 aliphatic heterocycles. The van der Waals surface area contributed by atoms with Crippen LogP contribution in [0.4, 0.5) is 24.5 Å². The average molecular weight is 467 g/mol. The zero-order valence-electron chi connectivity index (χ0n) is 18.7. The van der Waals surface area contributed by atoms with Gasteiger partial charge in [-0.15, -0.1) is 0 Å². The Kier molecular flexibility index (Phi) is 5.69. The molecule has 8 heteroatoms. The zero-order valence-corrected chi connectivity index (χ0v) is 18.7. The van der Waals surface area contributed by atoms with E-state index in [1.165, 1.54) is 12.3 Å². The van der Waals surface area contributed by atoms with E-state index in [4.69, 9.17) is 4.42 Å². The van der Waals surface area contributed by atoms with Crippen LogP contribution < -0.4 is 10.2 Å². The van der Waals surface area contributed by atoms with Crippen molar-refractivity contribution >= 4 is 39.0 Å². The van der Waals surface area contributed by atoms with Gasteiger partial charge in [0.05, 0.1) is 23.9 Å². The molecule has 5 rings (SSSR count). The number of likely N-dealkylation sites (N-methyl/N-ethyl adjacent to an activating group) is 1. The van der Waals surface area contributed by atoms with Crippen molar-refractivity contribution in [1.82, 2.24) is 4.90 Å². The van der Waals surface area contributed by atoms with Gasteiger partial charge in [-0.25, -0.2) is 0 Å². The Hall–Kier alpha value is -3.52. The third kappa shape index (κ3) is 4.33. The molecule has 1 fully saturated rings. The van der Waals surface area contributed by atoms with Crippen molar-refractivity contribution in [2.75, 3.05) is 43.4 Å². The number of anilines is 2. The Morgan fingerprint density at radius 2 is 1.79 bits per heavy atom. The minimum Gasteiger partial charge on any atom is -0.464 e. The zero-order chi connectivity index (χ0) is 23.9. The van der Waals surface area contributed by atoms with Crippen molar-refractivity contribution < 1.29 is 22.4 Å². The lowest BCUT2D eigenvalue weighted by atomic mass is 10.0. The van der Waals surface area contributed by atoms with Crippen LogP contribution in [0.1, 0.15) is 11.1 Å². The topological polar surface area (TPSA) is 48.7 Å². The Labute approximate surface area is 194 Å². The molecule has 0 saturated carbocycles. The van der Waals surface area contributed by atoms with E-state index in [2.05, 4.69) is 10.2 Å². The summed E-state index contributed by atoms with van der Waals surface area (Å²) in [5.41, 5.74) is 0.680. The van der Waals surface area contributed by atoms with Gasteiger partial charge in [0.2, 0.25) is 5.91 Å². The van der Waals surface area contributed by atoms with Gasteiger partial charge in [-0.05, 0) is 42.1 Å². The van der Waals surface area contributed by atoms with Crippen molar-refractivity contribution in [3.8, 4) is 0 Å². The van der Waals surface area contributed by atoms with E-state index in [0.29, 0.717) is 29.9 Å². The molecule has 0 aliphatic carbocycles. The minimum atomic E-state index is -4.59. The first kappa shape index (κ1) is 22.3. The summed E-state index contributed by atoms with van der Waals surface area (Å²) in [6.07, 6.45) is -3.19. The lowest BCUT2D eigenvalue weighted by molar-refractivity contribution is -0.136. The molecule has 1 N–H and O–H groups in total. The highest BCUT2D eigenvalue weighted by molar-refractivity contribution is 6.09. The number of benzene rings is 3. The van der Waals surface area contributed by atoms with E-state index in [1.54, 1.807) is 6.07 Å². The van der Waals surface area contributed by atoms with Crippen LogP contribution >= 0.6 is 0 Å². The van der Waals surface area contributed by atoms with E-state index in [0.717, 1.165) is 35.3 Å². The number of halogens is 3. The van der Waals surface area contributed by atoms with Gasteiger partial charge in [0.25, 0.3) is 0 Å². The molecule has 176 valence electrons. The maximum absolute atomic E-state index is 13.9. The Morgan fingerprint density at radius 1 is 1.03 bits per heavy atom. The average Bonchev–Trinajstić information content (AvgIpc) is 3.22. The second-order valence-corrected chi connectivity index (χ2v) is 8.66. The van der Waals surface area contributed by atoms with Crippen LogP contribution in [0.15, 0.2) is 65.3 Å². The van der Waals surface area contributed by atoms with Crippen molar-refractivity contribution in [3.05, 3.63) is 72.0 Å². The summed E-state index contributed by atoms with van der Waals surface area (Å²) >= 11 is 0. The Balaban J connectivity index is 1.41. The number of nitrogens with zero attached hydrogens (tertiary/aromatic N) is 2. The Bertz CT molecular complexity index is 1350. The molecule has 1 saturated heterocycles. The number of alkyl halides is 3. The molecule has 0 unspecified atom stereocenters. The lowest BCUT2D eigenvalue weighted by Crippen LogP contribution is -2.44. The molecule has 0 bridgehead atoms.